The molecule has 0 bridgehead atoms. The minimum Gasteiger partial charge on any atom is -0.493 e. The lowest BCUT2D eigenvalue weighted by Gasteiger charge is -2.34. The highest BCUT2D eigenvalue weighted by Gasteiger charge is 2.34. The third kappa shape index (κ3) is 7.42. The second-order valence-electron chi connectivity index (χ2n) is 13.3. The fourth-order valence-corrected chi connectivity index (χ4v) is 6.38. The Morgan fingerprint density at radius 3 is 2.23 bits per heavy atom. The van der Waals surface area contributed by atoms with Gasteiger partial charge in [0.05, 0.1) is 52.3 Å². The zero-order valence-corrected chi connectivity index (χ0v) is 29.5. The number of ether oxygens (including phenoxy) is 7. The second kappa shape index (κ2) is 14.7. The molecule has 1 saturated heterocycles. The molecule has 48 heavy (non-hydrogen) atoms. The van der Waals surface area contributed by atoms with E-state index < -0.39 is 0 Å². The molecule has 3 aromatic carbocycles. The summed E-state index contributed by atoms with van der Waals surface area (Å²) in [7, 11) is 6.31. The summed E-state index contributed by atoms with van der Waals surface area (Å²) >= 11 is 0. The Bertz CT molecular complexity index is 1630. The average molecular weight is 661 g/mol. The zero-order valence-electron chi connectivity index (χ0n) is 29.5. The summed E-state index contributed by atoms with van der Waals surface area (Å²) in [5.74, 6) is 4.92. The van der Waals surface area contributed by atoms with Gasteiger partial charge in [0.1, 0.15) is 23.4 Å². The number of aliphatic imine (C=N–C) groups is 1. The Kier molecular flexibility index (Phi) is 10.6. The molecule has 5 rings (SSSR count). The van der Waals surface area contributed by atoms with E-state index in [1.165, 1.54) is 0 Å². The zero-order chi connectivity index (χ0) is 34.6. The highest BCUT2D eigenvalue weighted by Crippen LogP contribution is 2.43. The van der Waals surface area contributed by atoms with Crippen molar-refractivity contribution in [1.82, 2.24) is 4.90 Å². The minimum absolute atomic E-state index is 0.00650. The van der Waals surface area contributed by atoms with Crippen molar-refractivity contribution in [3.63, 3.8) is 0 Å². The van der Waals surface area contributed by atoms with Crippen molar-refractivity contribution in [2.75, 3.05) is 41.6 Å². The van der Waals surface area contributed by atoms with Crippen LogP contribution in [0.1, 0.15) is 62.9 Å². The van der Waals surface area contributed by atoms with E-state index in [-0.39, 0.29) is 29.4 Å². The molecule has 2 aliphatic rings. The standard InChI is InChI=1S/C38H48N2O8/c1-23(22-46-27-12-13-31(24(2)15-27)48-28-16-34(43-7)36(45-9)35(17-28)44-8)20-38(4,5)25(3)47-33-19-30-29(18-32(33)42-6)37(41)40-14-10-11-26(40)21-39-30/h12-13,15-19,21,23,25-26H,10-11,14,20,22H2,1-9H3. The Balaban J connectivity index is 1.20. The van der Waals surface area contributed by atoms with Crippen LogP contribution in [0.4, 0.5) is 5.69 Å². The number of methoxy groups -OCH3 is 4. The predicted octanol–water partition coefficient (Wildman–Crippen LogP) is 8.04. The number of carbonyl (C=O) groups excluding carboxylic acids is 1. The van der Waals surface area contributed by atoms with Gasteiger partial charge in [0.15, 0.2) is 23.0 Å². The number of carbonyl (C=O) groups is 1. The van der Waals surface area contributed by atoms with Gasteiger partial charge in [-0.2, -0.15) is 0 Å². The number of benzene rings is 3. The van der Waals surface area contributed by atoms with Crippen LogP contribution >= 0.6 is 0 Å². The SMILES string of the molecule is COc1cc2c(cc1OC(C)C(C)(C)CC(C)COc1ccc(Oc3cc(OC)c(OC)c(OC)c3)c(C)c1)N=CC1CCCN1C2=O. The molecule has 10 heteroatoms. The minimum atomic E-state index is -0.198. The van der Waals surface area contributed by atoms with E-state index in [4.69, 9.17) is 33.2 Å². The lowest BCUT2D eigenvalue weighted by molar-refractivity contribution is 0.0591. The van der Waals surface area contributed by atoms with Gasteiger partial charge in [-0.1, -0.05) is 20.8 Å². The number of aryl methyl sites for hydroxylation is 1. The molecule has 2 aliphatic heterocycles. The second-order valence-corrected chi connectivity index (χ2v) is 13.3. The molecule has 0 N–H and O–H groups in total. The Morgan fingerprint density at radius 1 is 0.875 bits per heavy atom. The van der Waals surface area contributed by atoms with Gasteiger partial charge in [-0.15, -0.1) is 0 Å². The lowest BCUT2D eigenvalue weighted by atomic mass is 9.79. The van der Waals surface area contributed by atoms with E-state index in [2.05, 4.69) is 32.7 Å². The highest BCUT2D eigenvalue weighted by molar-refractivity contribution is 6.03. The Morgan fingerprint density at radius 2 is 1.58 bits per heavy atom. The monoisotopic (exact) mass is 660 g/mol. The third-order valence-corrected chi connectivity index (χ3v) is 9.28. The molecule has 0 radical (unpaired) electrons. The fraction of sp³-hybridized carbons (Fsp3) is 0.474. The van der Waals surface area contributed by atoms with Gasteiger partial charge in [0.25, 0.3) is 5.91 Å². The van der Waals surface area contributed by atoms with Crippen LogP contribution in [0.25, 0.3) is 0 Å². The molecule has 0 aliphatic carbocycles. The van der Waals surface area contributed by atoms with Crippen molar-refractivity contribution in [3.05, 3.63) is 53.6 Å². The van der Waals surface area contributed by atoms with Gasteiger partial charge in [-0.25, -0.2) is 0 Å². The summed E-state index contributed by atoms with van der Waals surface area (Å²) in [4.78, 5) is 19.8. The van der Waals surface area contributed by atoms with E-state index in [9.17, 15) is 4.79 Å². The van der Waals surface area contributed by atoms with E-state index in [1.807, 2.05) is 42.3 Å². The third-order valence-electron chi connectivity index (χ3n) is 9.28. The molecule has 3 atom stereocenters. The smallest absolute Gasteiger partial charge is 0.256 e. The van der Waals surface area contributed by atoms with Crippen molar-refractivity contribution >= 4 is 17.8 Å². The number of nitrogens with zero attached hydrogens (tertiary/aromatic N) is 2. The topological polar surface area (TPSA) is 97.3 Å². The Labute approximate surface area is 283 Å². The molecule has 258 valence electrons. The van der Waals surface area contributed by atoms with E-state index >= 15 is 0 Å². The molecular weight excluding hydrogens is 612 g/mol. The van der Waals surface area contributed by atoms with Crippen LogP contribution in [0.3, 0.4) is 0 Å². The molecule has 1 fully saturated rings. The normalized spacial score (nSPS) is 16.7. The van der Waals surface area contributed by atoms with Crippen molar-refractivity contribution < 1.29 is 38.0 Å². The molecule has 2 heterocycles. The number of rotatable bonds is 14. The van der Waals surface area contributed by atoms with Crippen LogP contribution in [0.15, 0.2) is 47.5 Å². The number of hydrogen-bond donors (Lipinski definition) is 0. The summed E-state index contributed by atoms with van der Waals surface area (Å²) in [5, 5.41) is 0. The van der Waals surface area contributed by atoms with Crippen molar-refractivity contribution in [1.29, 1.82) is 0 Å². The average Bonchev–Trinajstić information content (AvgIpc) is 3.50. The predicted molar refractivity (Wildman–Crippen MR) is 186 cm³/mol. The van der Waals surface area contributed by atoms with Gasteiger partial charge >= 0.3 is 0 Å². The van der Waals surface area contributed by atoms with E-state index in [0.717, 1.165) is 37.1 Å². The maximum Gasteiger partial charge on any atom is 0.256 e. The maximum absolute atomic E-state index is 13.3. The summed E-state index contributed by atoms with van der Waals surface area (Å²) in [6.07, 6.45) is 4.52. The first-order valence-corrected chi connectivity index (χ1v) is 16.4. The van der Waals surface area contributed by atoms with Crippen molar-refractivity contribution in [2.45, 2.75) is 66.0 Å². The number of fused-ring (bicyclic) bond motifs is 2. The molecule has 1 amide bonds. The number of amides is 1. The van der Waals surface area contributed by atoms with Crippen LogP contribution in [0.5, 0.6) is 46.0 Å². The van der Waals surface area contributed by atoms with Gasteiger partial charge in [0, 0.05) is 36.4 Å². The first-order valence-electron chi connectivity index (χ1n) is 16.4. The Hall–Kier alpha value is -4.60. The van der Waals surface area contributed by atoms with Crippen LogP contribution in [0, 0.1) is 18.3 Å². The molecule has 10 nitrogen and oxygen atoms in total. The molecular formula is C38H48N2O8. The van der Waals surface area contributed by atoms with E-state index in [0.29, 0.717) is 58.1 Å². The van der Waals surface area contributed by atoms with Crippen LogP contribution in [0.2, 0.25) is 0 Å². The lowest BCUT2D eigenvalue weighted by Crippen LogP contribution is -2.35. The van der Waals surface area contributed by atoms with E-state index in [1.54, 1.807) is 46.6 Å². The fourth-order valence-electron chi connectivity index (χ4n) is 6.38. The van der Waals surface area contributed by atoms with Gasteiger partial charge < -0.3 is 38.1 Å². The first kappa shape index (κ1) is 34.7. The highest BCUT2D eigenvalue weighted by atomic mass is 16.5. The van der Waals surface area contributed by atoms with Gasteiger partial charge in [-0.05, 0) is 68.9 Å². The van der Waals surface area contributed by atoms with Gasteiger partial charge in [-0.3, -0.25) is 9.79 Å². The number of hydrogen-bond acceptors (Lipinski definition) is 9. The first-order chi connectivity index (χ1) is 23.0. The quantitative estimate of drug-likeness (QED) is 0.171. The summed E-state index contributed by atoms with van der Waals surface area (Å²) < 4.78 is 40.9. The maximum atomic E-state index is 13.3. The molecule has 0 spiro atoms. The van der Waals surface area contributed by atoms with Crippen LogP contribution in [-0.4, -0.2) is 70.8 Å². The van der Waals surface area contributed by atoms with Crippen LogP contribution in [-0.2, 0) is 0 Å². The molecule has 3 aromatic rings. The van der Waals surface area contributed by atoms with Crippen molar-refractivity contribution in [3.8, 4) is 46.0 Å². The van der Waals surface area contributed by atoms with Crippen molar-refractivity contribution in [2.24, 2.45) is 16.3 Å². The summed E-state index contributed by atoms with van der Waals surface area (Å²) in [6, 6.07) is 13.0. The molecule has 0 aromatic heterocycles. The largest absolute Gasteiger partial charge is 0.493 e. The summed E-state index contributed by atoms with van der Waals surface area (Å²) in [5.41, 5.74) is 1.90. The molecule has 0 saturated carbocycles. The summed E-state index contributed by atoms with van der Waals surface area (Å²) in [6.45, 7) is 11.9. The van der Waals surface area contributed by atoms with Crippen LogP contribution < -0.4 is 33.2 Å². The molecule has 3 unspecified atom stereocenters. The van der Waals surface area contributed by atoms with Gasteiger partial charge in [0.2, 0.25) is 5.75 Å².